The molecule has 0 radical (unpaired) electrons. The zero-order valence-corrected chi connectivity index (χ0v) is 12.4. The highest BCUT2D eigenvalue weighted by atomic mass is 32.1. The van der Waals surface area contributed by atoms with Crippen LogP contribution in [0.1, 0.15) is 17.5 Å². The summed E-state index contributed by atoms with van der Waals surface area (Å²) in [6, 6.07) is 6.81. The maximum absolute atomic E-state index is 13.5. The molecule has 2 rings (SSSR count). The van der Waals surface area contributed by atoms with Crippen molar-refractivity contribution in [1.82, 2.24) is 0 Å². The maximum Gasteiger partial charge on any atom is 0.307 e. The van der Waals surface area contributed by atoms with Gasteiger partial charge in [0.1, 0.15) is 17.7 Å². The predicted octanol–water partition coefficient (Wildman–Crippen LogP) is 3.64. The number of aryl methyl sites for hydroxylation is 1. The zero-order chi connectivity index (χ0) is 15.9. The number of thiophene rings is 1. The van der Waals surface area contributed by atoms with Crippen molar-refractivity contribution in [2.45, 2.75) is 25.4 Å². The summed E-state index contributed by atoms with van der Waals surface area (Å²) in [4.78, 5) is 11.7. The maximum atomic E-state index is 13.5. The van der Waals surface area contributed by atoms with Crippen LogP contribution in [0.15, 0.2) is 35.0 Å². The Bertz CT molecular complexity index is 680. The molecule has 0 amide bonds. The molecule has 114 valence electrons. The summed E-state index contributed by atoms with van der Waals surface area (Å²) in [7, 11) is 0. The van der Waals surface area contributed by atoms with Crippen LogP contribution in [0, 0.1) is 23.0 Å². The minimum atomic E-state index is -1.09. The first kappa shape index (κ1) is 16.1. The number of carbonyl (C=O) groups is 1. The van der Waals surface area contributed by atoms with Crippen LogP contribution in [0.2, 0.25) is 0 Å². The van der Waals surface area contributed by atoms with Crippen molar-refractivity contribution in [2.24, 2.45) is 0 Å². The molecule has 0 bridgehead atoms. The molecule has 0 aliphatic heterocycles. The minimum Gasteiger partial charge on any atom is -0.447 e. The average Bonchev–Trinajstić information content (AvgIpc) is 3.00. The lowest BCUT2D eigenvalue weighted by atomic mass is 10.1. The molecule has 6 heteroatoms. The number of ether oxygens (including phenoxy) is 1. The van der Waals surface area contributed by atoms with E-state index in [1.165, 1.54) is 17.4 Å². The van der Waals surface area contributed by atoms with Gasteiger partial charge >= 0.3 is 5.97 Å². The van der Waals surface area contributed by atoms with Crippen LogP contribution in [-0.4, -0.2) is 12.1 Å². The van der Waals surface area contributed by atoms with E-state index in [1.807, 2.05) is 22.9 Å². The molecule has 0 fully saturated rings. The second-order valence-corrected chi connectivity index (χ2v) is 5.46. The molecule has 1 aromatic heterocycles. The highest BCUT2D eigenvalue weighted by Crippen LogP contribution is 2.14. The van der Waals surface area contributed by atoms with Gasteiger partial charge in [0.2, 0.25) is 0 Å². The average molecular weight is 321 g/mol. The largest absolute Gasteiger partial charge is 0.447 e. The van der Waals surface area contributed by atoms with Crippen LogP contribution in [0.5, 0.6) is 0 Å². The number of halogens is 2. The first-order valence-electron chi connectivity index (χ1n) is 6.62. The van der Waals surface area contributed by atoms with Gasteiger partial charge in [-0.3, -0.25) is 4.79 Å². The summed E-state index contributed by atoms with van der Waals surface area (Å²) in [6.45, 7) is 0. The molecule has 22 heavy (non-hydrogen) atoms. The lowest BCUT2D eigenvalue weighted by Gasteiger charge is -2.11. The number of carbonyl (C=O) groups excluding carboxylic acids is 1. The number of hydrogen-bond acceptors (Lipinski definition) is 4. The molecular weight excluding hydrogens is 308 g/mol. The molecule has 0 N–H and O–H groups in total. The van der Waals surface area contributed by atoms with Gasteiger partial charge in [-0.1, -0.05) is 6.07 Å². The van der Waals surface area contributed by atoms with Crippen molar-refractivity contribution in [3.05, 3.63) is 57.8 Å². The van der Waals surface area contributed by atoms with Gasteiger partial charge in [-0.25, -0.2) is 8.78 Å². The van der Waals surface area contributed by atoms with Gasteiger partial charge < -0.3 is 4.74 Å². The SMILES string of the molecule is N#C[C@@H](Cc1ccc(F)cc1F)OC(=O)CCc1ccsc1. The molecule has 1 heterocycles. The smallest absolute Gasteiger partial charge is 0.307 e. The van der Waals surface area contributed by atoms with Crippen LogP contribution in [-0.2, 0) is 22.4 Å². The van der Waals surface area contributed by atoms with Gasteiger partial charge in [0.05, 0.1) is 0 Å². The summed E-state index contributed by atoms with van der Waals surface area (Å²) < 4.78 is 31.4. The van der Waals surface area contributed by atoms with Crippen molar-refractivity contribution in [1.29, 1.82) is 5.26 Å². The molecule has 0 aliphatic carbocycles. The molecule has 0 unspecified atom stereocenters. The van der Waals surface area contributed by atoms with Crippen LogP contribution < -0.4 is 0 Å². The fraction of sp³-hybridized carbons (Fsp3) is 0.250. The van der Waals surface area contributed by atoms with E-state index in [0.717, 1.165) is 17.7 Å². The van der Waals surface area contributed by atoms with Crippen molar-refractivity contribution >= 4 is 17.3 Å². The van der Waals surface area contributed by atoms with Crippen molar-refractivity contribution in [3.8, 4) is 6.07 Å². The summed E-state index contributed by atoms with van der Waals surface area (Å²) in [5.74, 6) is -1.96. The summed E-state index contributed by atoms with van der Waals surface area (Å²) >= 11 is 1.54. The second-order valence-electron chi connectivity index (χ2n) is 4.68. The standard InChI is InChI=1S/C16H13F2NO2S/c17-13-3-2-12(15(18)8-13)7-14(9-19)21-16(20)4-1-11-5-6-22-10-11/h2-3,5-6,8,10,14H,1,4,7H2/t14-/m1/s1. The van der Waals surface area contributed by atoms with Crippen LogP contribution in [0.25, 0.3) is 0 Å². The monoisotopic (exact) mass is 321 g/mol. The van der Waals surface area contributed by atoms with E-state index < -0.39 is 23.7 Å². The molecule has 0 spiro atoms. The van der Waals surface area contributed by atoms with Gasteiger partial charge in [-0.15, -0.1) is 0 Å². The third-order valence-electron chi connectivity index (χ3n) is 3.04. The predicted molar refractivity (Wildman–Crippen MR) is 78.2 cm³/mol. The van der Waals surface area contributed by atoms with Crippen molar-refractivity contribution in [2.75, 3.05) is 0 Å². The number of rotatable bonds is 6. The first-order valence-corrected chi connectivity index (χ1v) is 7.57. The Morgan fingerprint density at radius 1 is 1.36 bits per heavy atom. The van der Waals surface area contributed by atoms with Gasteiger partial charge in [0.25, 0.3) is 0 Å². The van der Waals surface area contributed by atoms with E-state index in [-0.39, 0.29) is 18.4 Å². The van der Waals surface area contributed by atoms with Crippen LogP contribution in [0.3, 0.4) is 0 Å². The van der Waals surface area contributed by atoms with E-state index in [9.17, 15) is 13.6 Å². The van der Waals surface area contributed by atoms with E-state index in [1.54, 1.807) is 0 Å². The second kappa shape index (κ2) is 7.66. The fourth-order valence-corrected chi connectivity index (χ4v) is 2.60. The molecule has 3 nitrogen and oxygen atoms in total. The highest BCUT2D eigenvalue weighted by molar-refractivity contribution is 7.07. The van der Waals surface area contributed by atoms with E-state index >= 15 is 0 Å². The third-order valence-corrected chi connectivity index (χ3v) is 3.77. The lowest BCUT2D eigenvalue weighted by molar-refractivity contribution is -0.146. The summed E-state index contributed by atoms with van der Waals surface area (Å²) in [5.41, 5.74) is 1.17. The summed E-state index contributed by atoms with van der Waals surface area (Å²) in [5, 5.41) is 12.9. The van der Waals surface area contributed by atoms with E-state index in [2.05, 4.69) is 0 Å². The number of nitriles is 1. The van der Waals surface area contributed by atoms with E-state index in [4.69, 9.17) is 10.00 Å². The molecule has 2 aromatic rings. The highest BCUT2D eigenvalue weighted by Gasteiger charge is 2.17. The Balaban J connectivity index is 1.88. The molecular formula is C16H13F2NO2S. The number of hydrogen-bond donors (Lipinski definition) is 0. The quantitative estimate of drug-likeness (QED) is 0.763. The molecule has 0 saturated carbocycles. The third kappa shape index (κ3) is 4.64. The Labute approximate surface area is 130 Å². The molecule has 1 aromatic carbocycles. The van der Waals surface area contributed by atoms with Gasteiger partial charge in [-0.05, 0) is 40.4 Å². The number of nitrogens with zero attached hydrogens (tertiary/aromatic N) is 1. The number of benzene rings is 1. The van der Waals surface area contributed by atoms with Gasteiger partial charge in [-0.2, -0.15) is 16.6 Å². The van der Waals surface area contributed by atoms with Crippen LogP contribution in [0.4, 0.5) is 8.78 Å². The number of esters is 1. The van der Waals surface area contributed by atoms with Crippen molar-refractivity contribution < 1.29 is 18.3 Å². The summed E-state index contributed by atoms with van der Waals surface area (Å²) in [6.07, 6.45) is -0.506. The Hall–Kier alpha value is -2.26. The van der Waals surface area contributed by atoms with Gasteiger partial charge in [0, 0.05) is 18.9 Å². The Kier molecular flexibility index (Phi) is 5.61. The first-order chi connectivity index (χ1) is 10.6. The normalized spacial score (nSPS) is 11.7. The molecule has 1 atom stereocenters. The lowest BCUT2D eigenvalue weighted by Crippen LogP contribution is -2.20. The van der Waals surface area contributed by atoms with Crippen LogP contribution >= 0.6 is 11.3 Å². The minimum absolute atomic E-state index is 0.104. The van der Waals surface area contributed by atoms with Gasteiger partial charge in [0.15, 0.2) is 6.10 Å². The molecule has 0 aliphatic rings. The Morgan fingerprint density at radius 2 is 2.18 bits per heavy atom. The fourth-order valence-electron chi connectivity index (χ4n) is 1.90. The molecule has 0 saturated heterocycles. The Morgan fingerprint density at radius 3 is 2.82 bits per heavy atom. The topological polar surface area (TPSA) is 50.1 Å². The van der Waals surface area contributed by atoms with Crippen molar-refractivity contribution in [3.63, 3.8) is 0 Å². The zero-order valence-electron chi connectivity index (χ0n) is 11.6. The van der Waals surface area contributed by atoms with E-state index in [0.29, 0.717) is 6.42 Å².